The molecule has 1 atom stereocenters. The van der Waals surface area contributed by atoms with Gasteiger partial charge in [0.2, 0.25) is 0 Å². The molecule has 3 nitrogen and oxygen atoms in total. The number of hydrogen-bond acceptors (Lipinski definition) is 1. The molecule has 0 amide bonds. The number of nitrogens with one attached hydrogen (secondary N) is 1. The second kappa shape index (κ2) is 7.27. The molecule has 1 fully saturated rings. The molecule has 2 rings (SSSR count). The van der Waals surface area contributed by atoms with Crippen LogP contribution in [0.1, 0.15) is 25.3 Å². The maximum Gasteiger partial charge on any atom is 0.193 e. The molecule has 0 aliphatic carbocycles. The fourth-order valence-electron chi connectivity index (χ4n) is 2.72. The summed E-state index contributed by atoms with van der Waals surface area (Å²) in [4.78, 5) is 6.64. The van der Waals surface area contributed by atoms with E-state index in [4.69, 9.17) is 0 Å². The van der Waals surface area contributed by atoms with Crippen LogP contribution in [0, 0.1) is 11.7 Å². The van der Waals surface area contributed by atoms with Gasteiger partial charge in [-0.1, -0.05) is 25.1 Å². The van der Waals surface area contributed by atoms with Crippen LogP contribution in [0.5, 0.6) is 0 Å². The van der Waals surface area contributed by atoms with E-state index in [0.717, 1.165) is 24.6 Å². The molecular weight excluding hydrogens is 253 g/mol. The van der Waals surface area contributed by atoms with Gasteiger partial charge in [0.1, 0.15) is 5.82 Å². The first-order chi connectivity index (χ1) is 9.70. The number of piperidine rings is 1. The first-order valence-electron chi connectivity index (χ1n) is 7.39. The molecule has 1 heterocycles. The smallest absolute Gasteiger partial charge is 0.193 e. The molecule has 4 heteroatoms. The van der Waals surface area contributed by atoms with Crippen LogP contribution in [-0.2, 0) is 6.42 Å². The van der Waals surface area contributed by atoms with Gasteiger partial charge in [-0.15, -0.1) is 0 Å². The predicted molar refractivity (Wildman–Crippen MR) is 81.4 cm³/mol. The highest BCUT2D eigenvalue weighted by Crippen LogP contribution is 2.15. The summed E-state index contributed by atoms with van der Waals surface area (Å²) in [6.45, 7) is 5.10. The van der Waals surface area contributed by atoms with Crippen molar-refractivity contribution >= 4 is 5.96 Å². The van der Waals surface area contributed by atoms with Crippen molar-refractivity contribution < 1.29 is 4.39 Å². The molecular formula is C16H24FN3. The van der Waals surface area contributed by atoms with Gasteiger partial charge in [0.15, 0.2) is 5.96 Å². The number of benzene rings is 1. The van der Waals surface area contributed by atoms with Crippen LogP contribution >= 0.6 is 0 Å². The van der Waals surface area contributed by atoms with Crippen molar-refractivity contribution in [2.45, 2.75) is 26.2 Å². The van der Waals surface area contributed by atoms with Crippen molar-refractivity contribution in [1.29, 1.82) is 0 Å². The zero-order valence-corrected chi connectivity index (χ0v) is 12.4. The summed E-state index contributed by atoms with van der Waals surface area (Å²) in [5, 5.41) is 3.34. The minimum atomic E-state index is -0.129. The normalized spacial score (nSPS) is 20.1. The van der Waals surface area contributed by atoms with Crippen LogP contribution in [0.15, 0.2) is 29.3 Å². The number of rotatable bonds is 3. The Morgan fingerprint density at radius 1 is 1.45 bits per heavy atom. The molecule has 0 aromatic heterocycles. The number of likely N-dealkylation sites (tertiary alicyclic amines) is 1. The fraction of sp³-hybridized carbons (Fsp3) is 0.562. The largest absolute Gasteiger partial charge is 0.356 e. The summed E-state index contributed by atoms with van der Waals surface area (Å²) < 4.78 is 13.5. The van der Waals surface area contributed by atoms with E-state index in [-0.39, 0.29) is 5.82 Å². The zero-order valence-electron chi connectivity index (χ0n) is 12.4. The van der Waals surface area contributed by atoms with Gasteiger partial charge in [0.25, 0.3) is 0 Å². The van der Waals surface area contributed by atoms with E-state index < -0.39 is 0 Å². The Morgan fingerprint density at radius 2 is 2.25 bits per heavy atom. The zero-order chi connectivity index (χ0) is 14.4. The van der Waals surface area contributed by atoms with Crippen molar-refractivity contribution in [3.63, 3.8) is 0 Å². The lowest BCUT2D eigenvalue weighted by atomic mass is 10.0. The van der Waals surface area contributed by atoms with E-state index in [2.05, 4.69) is 22.1 Å². The number of halogens is 1. The number of nitrogens with zero attached hydrogens (tertiary/aromatic N) is 2. The Bertz CT molecular complexity index is 459. The summed E-state index contributed by atoms with van der Waals surface area (Å²) in [5.74, 6) is 1.53. The molecule has 110 valence electrons. The van der Waals surface area contributed by atoms with Crippen molar-refractivity contribution in [2.75, 3.05) is 26.7 Å². The van der Waals surface area contributed by atoms with Crippen LogP contribution in [0.2, 0.25) is 0 Å². The quantitative estimate of drug-likeness (QED) is 0.679. The molecule has 1 aliphatic rings. The Morgan fingerprint density at radius 3 is 2.95 bits per heavy atom. The highest BCUT2D eigenvalue weighted by molar-refractivity contribution is 5.79. The van der Waals surface area contributed by atoms with Gasteiger partial charge in [-0.2, -0.15) is 0 Å². The number of guanidine groups is 1. The van der Waals surface area contributed by atoms with Crippen molar-refractivity contribution in [3.8, 4) is 0 Å². The van der Waals surface area contributed by atoms with E-state index in [1.54, 1.807) is 6.07 Å². The first-order valence-corrected chi connectivity index (χ1v) is 7.39. The summed E-state index contributed by atoms with van der Waals surface area (Å²) in [6.07, 6.45) is 3.19. The van der Waals surface area contributed by atoms with Crippen LogP contribution < -0.4 is 5.32 Å². The predicted octanol–water partition coefficient (Wildman–Crippen LogP) is 2.68. The van der Waals surface area contributed by atoms with Crippen LogP contribution in [-0.4, -0.2) is 37.5 Å². The summed E-state index contributed by atoms with van der Waals surface area (Å²) in [6, 6.07) is 6.94. The second-order valence-electron chi connectivity index (χ2n) is 5.51. The highest BCUT2D eigenvalue weighted by Gasteiger charge is 2.18. The molecule has 1 saturated heterocycles. The molecule has 1 unspecified atom stereocenters. The third-order valence-corrected chi connectivity index (χ3v) is 3.80. The van der Waals surface area contributed by atoms with Gasteiger partial charge in [0.05, 0.1) is 0 Å². The molecule has 0 bridgehead atoms. The van der Waals surface area contributed by atoms with Gasteiger partial charge < -0.3 is 10.2 Å². The standard InChI is InChI=1S/C16H24FN3/c1-13-6-5-11-20(12-13)16(18-2)19-10-9-14-7-3-4-8-15(14)17/h3-4,7-8,13H,5-6,9-12H2,1-2H3,(H,18,19). The lowest BCUT2D eigenvalue weighted by molar-refractivity contribution is 0.266. The molecule has 1 aromatic carbocycles. The summed E-state index contributed by atoms with van der Waals surface area (Å²) in [5.41, 5.74) is 0.752. The van der Waals surface area contributed by atoms with Crippen molar-refractivity contribution in [1.82, 2.24) is 10.2 Å². The van der Waals surface area contributed by atoms with Crippen LogP contribution in [0.25, 0.3) is 0 Å². The third-order valence-electron chi connectivity index (χ3n) is 3.80. The molecule has 1 N–H and O–H groups in total. The van der Waals surface area contributed by atoms with Gasteiger partial charge in [-0.3, -0.25) is 4.99 Å². The third kappa shape index (κ3) is 3.95. The topological polar surface area (TPSA) is 27.6 Å². The van der Waals surface area contributed by atoms with Gasteiger partial charge in [0, 0.05) is 26.7 Å². The summed E-state index contributed by atoms with van der Waals surface area (Å²) >= 11 is 0. The van der Waals surface area contributed by atoms with Gasteiger partial charge >= 0.3 is 0 Å². The Kier molecular flexibility index (Phi) is 5.39. The second-order valence-corrected chi connectivity index (χ2v) is 5.51. The molecule has 1 aromatic rings. The van der Waals surface area contributed by atoms with E-state index in [9.17, 15) is 4.39 Å². The molecule has 0 spiro atoms. The minimum absolute atomic E-state index is 0.129. The highest BCUT2D eigenvalue weighted by atomic mass is 19.1. The Hall–Kier alpha value is -1.58. The SMILES string of the molecule is CN=C(NCCc1ccccc1F)N1CCCC(C)C1. The lowest BCUT2D eigenvalue weighted by Crippen LogP contribution is -2.46. The van der Waals surface area contributed by atoms with E-state index in [1.807, 2.05) is 19.2 Å². The number of hydrogen-bond donors (Lipinski definition) is 1. The minimum Gasteiger partial charge on any atom is -0.356 e. The van der Waals surface area contributed by atoms with Crippen molar-refractivity contribution in [2.24, 2.45) is 10.9 Å². The van der Waals surface area contributed by atoms with E-state index >= 15 is 0 Å². The summed E-state index contributed by atoms with van der Waals surface area (Å²) in [7, 11) is 1.81. The number of aliphatic imine (C=N–C) groups is 1. The van der Waals surface area contributed by atoms with Gasteiger partial charge in [-0.25, -0.2) is 4.39 Å². The fourth-order valence-corrected chi connectivity index (χ4v) is 2.72. The van der Waals surface area contributed by atoms with Crippen LogP contribution in [0.4, 0.5) is 4.39 Å². The maximum absolute atomic E-state index is 13.5. The monoisotopic (exact) mass is 277 g/mol. The molecule has 0 saturated carbocycles. The van der Waals surface area contributed by atoms with E-state index in [1.165, 1.54) is 18.9 Å². The molecule has 0 radical (unpaired) electrons. The first kappa shape index (κ1) is 14.8. The Balaban J connectivity index is 1.84. The van der Waals surface area contributed by atoms with Crippen LogP contribution in [0.3, 0.4) is 0 Å². The van der Waals surface area contributed by atoms with Gasteiger partial charge in [-0.05, 0) is 36.8 Å². The molecule has 1 aliphatic heterocycles. The Labute approximate surface area is 120 Å². The lowest BCUT2D eigenvalue weighted by Gasteiger charge is -2.33. The van der Waals surface area contributed by atoms with E-state index in [0.29, 0.717) is 18.9 Å². The maximum atomic E-state index is 13.5. The average Bonchev–Trinajstić information content (AvgIpc) is 2.45. The average molecular weight is 277 g/mol. The molecule has 20 heavy (non-hydrogen) atoms. The van der Waals surface area contributed by atoms with Crippen molar-refractivity contribution in [3.05, 3.63) is 35.6 Å².